The number of aromatic nitrogens is 1. The van der Waals surface area contributed by atoms with Crippen molar-refractivity contribution in [3.63, 3.8) is 0 Å². The van der Waals surface area contributed by atoms with E-state index in [2.05, 4.69) is 17.3 Å². The van der Waals surface area contributed by atoms with Gasteiger partial charge >= 0.3 is 0 Å². The Kier molecular flexibility index (Phi) is 6.72. The standard InChI is InChI=1S/C13H22N4O3/c1-3-4-5-6-7-10(2)20-13-9-11(17(18)19)8-12(15-13)16-14/h8-10H,3-7,14H2,1-2H3,(H,15,16). The van der Waals surface area contributed by atoms with Gasteiger partial charge in [0, 0.05) is 0 Å². The van der Waals surface area contributed by atoms with Gasteiger partial charge in [0.25, 0.3) is 5.69 Å². The van der Waals surface area contributed by atoms with Crippen molar-refractivity contribution in [3.8, 4) is 5.88 Å². The monoisotopic (exact) mass is 282 g/mol. The average Bonchev–Trinajstić information content (AvgIpc) is 2.43. The molecule has 0 aliphatic heterocycles. The van der Waals surface area contributed by atoms with Crippen LogP contribution in [0.25, 0.3) is 0 Å². The minimum atomic E-state index is -0.499. The second-order valence-corrected chi connectivity index (χ2v) is 4.73. The Morgan fingerprint density at radius 1 is 1.45 bits per heavy atom. The first kappa shape index (κ1) is 16.2. The summed E-state index contributed by atoms with van der Waals surface area (Å²) >= 11 is 0. The summed E-state index contributed by atoms with van der Waals surface area (Å²) in [5.74, 6) is 5.67. The number of nitro groups is 1. The number of nitrogen functional groups attached to an aromatic ring is 1. The van der Waals surface area contributed by atoms with Crippen LogP contribution in [-0.2, 0) is 0 Å². The number of rotatable bonds is 9. The summed E-state index contributed by atoms with van der Waals surface area (Å²) in [5.41, 5.74) is 2.20. The Balaban J connectivity index is 2.61. The number of hydrogen-bond donors (Lipinski definition) is 2. The van der Waals surface area contributed by atoms with Crippen LogP contribution >= 0.6 is 0 Å². The number of hydrazine groups is 1. The number of nitrogens with one attached hydrogen (secondary N) is 1. The highest BCUT2D eigenvalue weighted by molar-refractivity contribution is 5.47. The molecule has 0 saturated heterocycles. The molecule has 1 atom stereocenters. The number of nitrogens with two attached hydrogens (primary N) is 1. The topological polar surface area (TPSA) is 103 Å². The number of hydrogen-bond acceptors (Lipinski definition) is 6. The molecule has 0 fully saturated rings. The van der Waals surface area contributed by atoms with Gasteiger partial charge in [-0.3, -0.25) is 10.1 Å². The van der Waals surface area contributed by atoms with E-state index < -0.39 is 4.92 Å². The van der Waals surface area contributed by atoms with Gasteiger partial charge in [-0.2, -0.15) is 4.98 Å². The number of pyridine rings is 1. The smallest absolute Gasteiger partial charge is 0.278 e. The molecule has 112 valence electrons. The van der Waals surface area contributed by atoms with Crippen molar-refractivity contribution in [2.24, 2.45) is 5.84 Å². The third-order valence-electron chi connectivity index (χ3n) is 2.93. The van der Waals surface area contributed by atoms with Crippen molar-refractivity contribution in [2.45, 2.75) is 52.1 Å². The minimum absolute atomic E-state index is 0.0352. The maximum Gasteiger partial charge on any atom is 0.278 e. The zero-order chi connectivity index (χ0) is 15.0. The first-order valence-electron chi connectivity index (χ1n) is 6.86. The summed E-state index contributed by atoms with van der Waals surface area (Å²) in [6.07, 6.45) is 5.51. The van der Waals surface area contributed by atoms with Gasteiger partial charge in [0.15, 0.2) is 5.82 Å². The first-order chi connectivity index (χ1) is 9.56. The molecule has 7 nitrogen and oxygen atoms in total. The van der Waals surface area contributed by atoms with Gasteiger partial charge in [0.2, 0.25) is 5.88 Å². The van der Waals surface area contributed by atoms with E-state index in [9.17, 15) is 10.1 Å². The number of anilines is 1. The van der Waals surface area contributed by atoms with Crippen LogP contribution in [-0.4, -0.2) is 16.0 Å². The van der Waals surface area contributed by atoms with E-state index in [1.165, 1.54) is 31.4 Å². The van der Waals surface area contributed by atoms with Crippen LogP contribution in [0, 0.1) is 10.1 Å². The molecule has 0 aliphatic carbocycles. The molecule has 0 bridgehead atoms. The number of unbranched alkanes of at least 4 members (excludes halogenated alkanes) is 3. The van der Waals surface area contributed by atoms with E-state index in [1.807, 2.05) is 6.92 Å². The van der Waals surface area contributed by atoms with Crippen LogP contribution in [0.3, 0.4) is 0 Å². The molecule has 0 amide bonds. The summed E-state index contributed by atoms with van der Waals surface area (Å²) in [4.78, 5) is 14.4. The summed E-state index contributed by atoms with van der Waals surface area (Å²) < 4.78 is 5.62. The molecule has 0 aliphatic rings. The van der Waals surface area contributed by atoms with Gasteiger partial charge < -0.3 is 10.2 Å². The molecule has 0 spiro atoms. The van der Waals surface area contributed by atoms with Gasteiger partial charge in [-0.1, -0.05) is 26.2 Å². The summed E-state index contributed by atoms with van der Waals surface area (Å²) in [7, 11) is 0. The fourth-order valence-electron chi connectivity index (χ4n) is 1.85. The van der Waals surface area contributed by atoms with Crippen molar-refractivity contribution in [1.29, 1.82) is 0 Å². The third kappa shape index (κ3) is 5.40. The van der Waals surface area contributed by atoms with Crippen LogP contribution in [0.4, 0.5) is 11.5 Å². The maximum atomic E-state index is 10.8. The average molecular weight is 282 g/mol. The third-order valence-corrected chi connectivity index (χ3v) is 2.93. The molecule has 0 radical (unpaired) electrons. The van der Waals surface area contributed by atoms with E-state index in [0.717, 1.165) is 12.8 Å². The van der Waals surface area contributed by atoms with E-state index >= 15 is 0 Å². The van der Waals surface area contributed by atoms with Crippen molar-refractivity contribution >= 4 is 11.5 Å². The molecule has 20 heavy (non-hydrogen) atoms. The van der Waals surface area contributed by atoms with Gasteiger partial charge in [0.1, 0.15) is 0 Å². The molecule has 1 rings (SSSR count). The zero-order valence-electron chi connectivity index (χ0n) is 12.0. The molecule has 3 N–H and O–H groups in total. The predicted octanol–water partition coefficient (Wildman–Crippen LogP) is 3.01. The highest BCUT2D eigenvalue weighted by Gasteiger charge is 2.13. The highest BCUT2D eigenvalue weighted by Crippen LogP contribution is 2.23. The Morgan fingerprint density at radius 3 is 2.80 bits per heavy atom. The molecular weight excluding hydrogens is 260 g/mol. The van der Waals surface area contributed by atoms with E-state index in [0.29, 0.717) is 0 Å². The lowest BCUT2D eigenvalue weighted by Gasteiger charge is -2.14. The Hall–Kier alpha value is -1.89. The number of nitrogens with zero attached hydrogens (tertiary/aromatic N) is 2. The highest BCUT2D eigenvalue weighted by atomic mass is 16.6. The molecule has 1 heterocycles. The fraction of sp³-hybridized carbons (Fsp3) is 0.615. The molecule has 7 heteroatoms. The van der Waals surface area contributed by atoms with Crippen LogP contribution in [0.1, 0.15) is 46.0 Å². The Labute approximate surface area is 118 Å². The lowest BCUT2D eigenvalue weighted by atomic mass is 10.1. The maximum absolute atomic E-state index is 10.8. The van der Waals surface area contributed by atoms with Crippen molar-refractivity contribution < 1.29 is 9.66 Å². The van der Waals surface area contributed by atoms with E-state index in [1.54, 1.807) is 0 Å². The van der Waals surface area contributed by atoms with E-state index in [-0.39, 0.29) is 23.5 Å². The van der Waals surface area contributed by atoms with Crippen LogP contribution in [0.5, 0.6) is 5.88 Å². The predicted molar refractivity (Wildman–Crippen MR) is 77.6 cm³/mol. The molecule has 1 aromatic heterocycles. The summed E-state index contributed by atoms with van der Waals surface area (Å²) in [6, 6.07) is 2.57. The summed E-state index contributed by atoms with van der Waals surface area (Å²) in [6.45, 7) is 4.09. The molecule has 0 saturated carbocycles. The Morgan fingerprint density at radius 2 is 2.20 bits per heavy atom. The van der Waals surface area contributed by atoms with Crippen LogP contribution in [0.15, 0.2) is 12.1 Å². The van der Waals surface area contributed by atoms with E-state index in [4.69, 9.17) is 10.6 Å². The minimum Gasteiger partial charge on any atom is -0.474 e. The molecule has 0 aromatic carbocycles. The Bertz CT molecular complexity index is 440. The molecular formula is C13H22N4O3. The number of ether oxygens (including phenoxy) is 1. The molecule has 1 unspecified atom stereocenters. The fourth-order valence-corrected chi connectivity index (χ4v) is 1.85. The quantitative estimate of drug-likeness (QED) is 0.312. The van der Waals surface area contributed by atoms with Crippen molar-refractivity contribution in [2.75, 3.05) is 5.43 Å². The van der Waals surface area contributed by atoms with Gasteiger partial charge in [0.05, 0.1) is 23.2 Å². The second-order valence-electron chi connectivity index (χ2n) is 4.73. The first-order valence-corrected chi connectivity index (χ1v) is 6.86. The second kappa shape index (κ2) is 8.31. The SMILES string of the molecule is CCCCCCC(C)Oc1cc([N+](=O)[O-])cc(NN)n1. The lowest BCUT2D eigenvalue weighted by Crippen LogP contribution is -2.14. The summed E-state index contributed by atoms with van der Waals surface area (Å²) in [5, 5.41) is 10.8. The van der Waals surface area contributed by atoms with Gasteiger partial charge in [-0.05, 0) is 19.8 Å². The van der Waals surface area contributed by atoms with Gasteiger partial charge in [-0.25, -0.2) is 5.84 Å². The molecule has 1 aromatic rings. The van der Waals surface area contributed by atoms with Crippen molar-refractivity contribution in [3.05, 3.63) is 22.2 Å². The largest absolute Gasteiger partial charge is 0.474 e. The van der Waals surface area contributed by atoms with Crippen LogP contribution < -0.4 is 16.0 Å². The normalized spacial score (nSPS) is 11.9. The lowest BCUT2D eigenvalue weighted by molar-refractivity contribution is -0.384. The van der Waals surface area contributed by atoms with Gasteiger partial charge in [-0.15, -0.1) is 0 Å². The van der Waals surface area contributed by atoms with Crippen molar-refractivity contribution in [1.82, 2.24) is 4.98 Å². The zero-order valence-corrected chi connectivity index (χ0v) is 12.0. The van der Waals surface area contributed by atoms with Crippen LogP contribution in [0.2, 0.25) is 0 Å².